The molecule has 0 fully saturated rings. The van der Waals surface area contributed by atoms with Crippen LogP contribution in [-0.4, -0.2) is 6.54 Å². The summed E-state index contributed by atoms with van der Waals surface area (Å²) in [6, 6.07) is 4.33. The molecule has 1 unspecified atom stereocenters. The van der Waals surface area contributed by atoms with E-state index in [9.17, 15) is 4.39 Å². The van der Waals surface area contributed by atoms with E-state index in [0.29, 0.717) is 17.3 Å². The summed E-state index contributed by atoms with van der Waals surface area (Å²) in [5, 5.41) is 3.55. The number of nitrogens with one attached hydrogen (secondary N) is 1. The number of hydrogen-bond acceptors (Lipinski definition) is 2. The molecule has 14 heavy (non-hydrogen) atoms. The van der Waals surface area contributed by atoms with Crippen molar-refractivity contribution < 1.29 is 4.39 Å². The highest BCUT2D eigenvalue weighted by molar-refractivity contribution is 6.31. The Morgan fingerprint density at radius 3 is 2.93 bits per heavy atom. The average Bonchev–Trinajstić information content (AvgIpc) is 2.56. The van der Waals surface area contributed by atoms with E-state index in [2.05, 4.69) is 5.32 Å². The van der Waals surface area contributed by atoms with Gasteiger partial charge in [0.2, 0.25) is 0 Å². The molecule has 74 valence electrons. The number of benzene rings is 1. The van der Waals surface area contributed by atoms with Crippen LogP contribution in [0.1, 0.15) is 11.5 Å². The van der Waals surface area contributed by atoms with Crippen LogP contribution in [-0.2, 0) is 0 Å². The summed E-state index contributed by atoms with van der Waals surface area (Å²) in [5.74, 6) is -0.303. The molecular weight excluding hydrogens is 203 g/mol. The zero-order chi connectivity index (χ0) is 10.1. The van der Waals surface area contributed by atoms with Crippen molar-refractivity contribution in [3.05, 3.63) is 46.5 Å². The summed E-state index contributed by atoms with van der Waals surface area (Å²) in [4.78, 5) is 0. The molecule has 0 saturated heterocycles. The second kappa shape index (κ2) is 3.50. The molecular formula is C10H10ClFN2. The Balaban J connectivity index is 2.40. The molecule has 1 aliphatic heterocycles. The molecule has 2 rings (SSSR count). The first kappa shape index (κ1) is 9.34. The average molecular weight is 213 g/mol. The van der Waals surface area contributed by atoms with Gasteiger partial charge in [-0.2, -0.15) is 0 Å². The maximum absolute atomic E-state index is 13.0. The molecule has 0 spiro atoms. The van der Waals surface area contributed by atoms with Crippen LogP contribution in [0.15, 0.2) is 30.1 Å². The van der Waals surface area contributed by atoms with E-state index in [1.54, 1.807) is 12.3 Å². The third-order valence-electron chi connectivity index (χ3n) is 2.33. The van der Waals surface area contributed by atoms with Crippen LogP contribution >= 0.6 is 11.6 Å². The van der Waals surface area contributed by atoms with Crippen LogP contribution in [0.2, 0.25) is 5.02 Å². The van der Waals surface area contributed by atoms with Crippen LogP contribution in [0.5, 0.6) is 0 Å². The van der Waals surface area contributed by atoms with Gasteiger partial charge in [-0.05, 0) is 23.8 Å². The van der Waals surface area contributed by atoms with Crippen LogP contribution in [0.25, 0.3) is 0 Å². The normalized spacial score (nSPS) is 20.4. The maximum Gasteiger partial charge on any atom is 0.123 e. The fourth-order valence-electron chi connectivity index (χ4n) is 1.58. The standard InChI is InChI=1S/C10H10ClFN2/c11-9-2-1-6(12)3-7(9)8-4-14-5-10(8)13/h1-3,5,8,14H,4,13H2. The zero-order valence-electron chi connectivity index (χ0n) is 7.43. The van der Waals surface area contributed by atoms with Crippen molar-refractivity contribution in [3.63, 3.8) is 0 Å². The van der Waals surface area contributed by atoms with Gasteiger partial charge in [0.25, 0.3) is 0 Å². The number of halogens is 2. The van der Waals surface area contributed by atoms with Gasteiger partial charge in [-0.15, -0.1) is 0 Å². The second-order valence-corrected chi connectivity index (χ2v) is 3.68. The molecule has 0 amide bonds. The Bertz CT molecular complexity index is 390. The highest BCUT2D eigenvalue weighted by Crippen LogP contribution is 2.30. The predicted molar refractivity (Wildman–Crippen MR) is 54.4 cm³/mol. The fraction of sp³-hybridized carbons (Fsp3) is 0.200. The van der Waals surface area contributed by atoms with E-state index in [-0.39, 0.29) is 11.7 Å². The molecule has 0 radical (unpaired) electrons. The molecule has 1 aliphatic rings. The third kappa shape index (κ3) is 1.55. The predicted octanol–water partition coefficient (Wildman–Crippen LogP) is 1.97. The first-order valence-corrected chi connectivity index (χ1v) is 4.70. The summed E-state index contributed by atoms with van der Waals surface area (Å²) >= 11 is 5.96. The van der Waals surface area contributed by atoms with E-state index in [0.717, 1.165) is 5.56 Å². The van der Waals surface area contributed by atoms with Gasteiger partial charge in [0, 0.05) is 29.4 Å². The van der Waals surface area contributed by atoms with Gasteiger partial charge in [-0.25, -0.2) is 4.39 Å². The summed E-state index contributed by atoms with van der Waals surface area (Å²) < 4.78 is 13.0. The Morgan fingerprint density at radius 2 is 2.29 bits per heavy atom. The van der Waals surface area contributed by atoms with E-state index < -0.39 is 0 Å². The second-order valence-electron chi connectivity index (χ2n) is 3.27. The van der Waals surface area contributed by atoms with Gasteiger partial charge in [0.1, 0.15) is 5.82 Å². The van der Waals surface area contributed by atoms with Gasteiger partial charge in [0.15, 0.2) is 0 Å². The Labute approximate surface area is 86.6 Å². The first-order valence-electron chi connectivity index (χ1n) is 4.32. The van der Waals surface area contributed by atoms with Crippen LogP contribution < -0.4 is 11.1 Å². The third-order valence-corrected chi connectivity index (χ3v) is 2.67. The zero-order valence-corrected chi connectivity index (χ0v) is 8.18. The minimum Gasteiger partial charge on any atom is -0.400 e. The quantitative estimate of drug-likeness (QED) is 0.747. The Hall–Kier alpha value is -1.22. The summed E-state index contributed by atoms with van der Waals surface area (Å²) in [6.07, 6.45) is 1.73. The minimum absolute atomic E-state index is 0.0156. The smallest absolute Gasteiger partial charge is 0.123 e. The Morgan fingerprint density at radius 1 is 1.50 bits per heavy atom. The summed E-state index contributed by atoms with van der Waals surface area (Å²) in [6.45, 7) is 0.676. The van der Waals surface area contributed by atoms with Gasteiger partial charge < -0.3 is 11.1 Å². The molecule has 2 nitrogen and oxygen atoms in total. The van der Waals surface area contributed by atoms with Crippen molar-refractivity contribution in [1.82, 2.24) is 5.32 Å². The van der Waals surface area contributed by atoms with Gasteiger partial charge >= 0.3 is 0 Å². The molecule has 1 heterocycles. The maximum atomic E-state index is 13.0. The van der Waals surface area contributed by atoms with Crippen molar-refractivity contribution in [3.8, 4) is 0 Å². The van der Waals surface area contributed by atoms with E-state index in [4.69, 9.17) is 17.3 Å². The molecule has 0 bridgehead atoms. The lowest BCUT2D eigenvalue weighted by atomic mass is 9.98. The SMILES string of the molecule is NC1=CNCC1c1cc(F)ccc1Cl. The molecule has 1 aromatic rings. The molecule has 3 N–H and O–H groups in total. The molecule has 4 heteroatoms. The van der Waals surface area contributed by atoms with Gasteiger partial charge in [-0.3, -0.25) is 0 Å². The number of hydrogen-bond donors (Lipinski definition) is 2. The van der Waals surface area contributed by atoms with Crippen LogP contribution in [0, 0.1) is 5.82 Å². The lowest BCUT2D eigenvalue weighted by Crippen LogP contribution is -2.12. The summed E-state index contributed by atoms with van der Waals surface area (Å²) in [7, 11) is 0. The van der Waals surface area contributed by atoms with E-state index in [1.165, 1.54) is 12.1 Å². The molecule has 1 atom stereocenters. The first-order chi connectivity index (χ1) is 6.68. The van der Waals surface area contributed by atoms with Crippen molar-refractivity contribution in [2.24, 2.45) is 5.73 Å². The van der Waals surface area contributed by atoms with E-state index >= 15 is 0 Å². The Kier molecular flexibility index (Phi) is 2.33. The van der Waals surface area contributed by atoms with Gasteiger partial charge in [-0.1, -0.05) is 11.6 Å². The number of rotatable bonds is 1. The number of nitrogens with two attached hydrogens (primary N) is 1. The van der Waals surface area contributed by atoms with Gasteiger partial charge in [0.05, 0.1) is 0 Å². The monoisotopic (exact) mass is 212 g/mol. The van der Waals surface area contributed by atoms with Crippen molar-refractivity contribution >= 4 is 11.6 Å². The van der Waals surface area contributed by atoms with Crippen molar-refractivity contribution in [2.45, 2.75) is 5.92 Å². The highest BCUT2D eigenvalue weighted by Gasteiger charge is 2.21. The molecule has 0 aromatic heterocycles. The lowest BCUT2D eigenvalue weighted by Gasteiger charge is -2.12. The largest absolute Gasteiger partial charge is 0.400 e. The van der Waals surface area contributed by atoms with Crippen LogP contribution in [0.3, 0.4) is 0 Å². The fourth-order valence-corrected chi connectivity index (χ4v) is 1.83. The minimum atomic E-state index is -0.288. The van der Waals surface area contributed by atoms with Crippen molar-refractivity contribution in [2.75, 3.05) is 6.54 Å². The van der Waals surface area contributed by atoms with E-state index in [1.807, 2.05) is 0 Å². The highest BCUT2D eigenvalue weighted by atomic mass is 35.5. The van der Waals surface area contributed by atoms with Crippen molar-refractivity contribution in [1.29, 1.82) is 0 Å². The molecule has 0 saturated carbocycles. The topological polar surface area (TPSA) is 38.0 Å². The summed E-state index contributed by atoms with van der Waals surface area (Å²) in [5.41, 5.74) is 7.18. The molecule has 1 aromatic carbocycles. The van der Waals surface area contributed by atoms with Crippen LogP contribution in [0.4, 0.5) is 4.39 Å². The molecule has 0 aliphatic carbocycles. The lowest BCUT2D eigenvalue weighted by molar-refractivity contribution is 0.623.